The highest BCUT2D eigenvalue weighted by Gasteiger charge is 2.38. The Labute approximate surface area is 149 Å². The Hall–Kier alpha value is -1.42. The van der Waals surface area contributed by atoms with E-state index in [2.05, 4.69) is 4.98 Å². The van der Waals surface area contributed by atoms with Crippen molar-refractivity contribution in [1.29, 1.82) is 0 Å². The van der Waals surface area contributed by atoms with Gasteiger partial charge in [0.2, 0.25) is 0 Å². The van der Waals surface area contributed by atoms with E-state index in [1.165, 1.54) is 12.1 Å². The number of aliphatic hydroxyl groups is 3. The molecule has 3 rings (SSSR count). The van der Waals surface area contributed by atoms with E-state index >= 15 is 0 Å². The predicted molar refractivity (Wildman–Crippen MR) is 88.6 cm³/mol. The van der Waals surface area contributed by atoms with Crippen molar-refractivity contribution < 1.29 is 28.5 Å². The van der Waals surface area contributed by atoms with Gasteiger partial charge in [-0.1, -0.05) is 0 Å². The summed E-state index contributed by atoms with van der Waals surface area (Å²) in [5.74, 6) is 0.111. The maximum Gasteiger partial charge on any atom is 0.435 e. The van der Waals surface area contributed by atoms with Gasteiger partial charge in [0.25, 0.3) is 0 Å². The zero-order chi connectivity index (χ0) is 18.9. The van der Waals surface area contributed by atoms with Crippen LogP contribution in [0.2, 0.25) is 0 Å². The van der Waals surface area contributed by atoms with Gasteiger partial charge >= 0.3 is 6.18 Å². The van der Waals surface area contributed by atoms with Gasteiger partial charge in [-0.2, -0.15) is 13.2 Å². The largest absolute Gasteiger partial charge is 0.435 e. The lowest BCUT2D eigenvalue weighted by Gasteiger charge is -2.41. The van der Waals surface area contributed by atoms with E-state index in [0.717, 1.165) is 19.0 Å². The number of aliphatic hydroxyl groups excluding tert-OH is 3. The zero-order valence-electron chi connectivity index (χ0n) is 14.3. The fourth-order valence-corrected chi connectivity index (χ4v) is 3.89. The maximum atomic E-state index is 13.2. The van der Waals surface area contributed by atoms with E-state index in [1.807, 2.05) is 4.90 Å². The third-order valence-corrected chi connectivity index (χ3v) is 5.11. The van der Waals surface area contributed by atoms with E-state index in [-0.39, 0.29) is 24.7 Å². The molecule has 0 bridgehead atoms. The number of halogens is 3. The minimum Gasteiger partial charge on any atom is -0.389 e. The molecule has 2 aliphatic rings. The summed E-state index contributed by atoms with van der Waals surface area (Å²) in [7, 11) is 0. The molecule has 146 valence electrons. The molecular formula is C17H24F3N3O3. The molecular weight excluding hydrogens is 351 g/mol. The third-order valence-electron chi connectivity index (χ3n) is 5.11. The van der Waals surface area contributed by atoms with Gasteiger partial charge in [-0.3, -0.25) is 4.90 Å². The lowest BCUT2D eigenvalue weighted by molar-refractivity contribution is -0.140. The molecule has 9 heteroatoms. The Morgan fingerprint density at radius 2 is 1.81 bits per heavy atom. The molecule has 3 heterocycles. The summed E-state index contributed by atoms with van der Waals surface area (Å²) in [6, 6.07) is 2.95. The molecule has 1 aromatic rings. The minimum absolute atomic E-state index is 0.0961. The molecule has 6 nitrogen and oxygen atoms in total. The number of aromatic nitrogens is 1. The van der Waals surface area contributed by atoms with E-state index < -0.39 is 30.2 Å². The number of likely N-dealkylation sites (tertiary alicyclic amines) is 1. The van der Waals surface area contributed by atoms with Gasteiger partial charge in [0, 0.05) is 38.9 Å². The summed E-state index contributed by atoms with van der Waals surface area (Å²) in [5.41, 5.74) is -0.772. The molecule has 2 saturated heterocycles. The van der Waals surface area contributed by atoms with Crippen molar-refractivity contribution in [2.24, 2.45) is 5.92 Å². The standard InChI is InChI=1S/C17H24F3N3O3/c18-17(19,20)16-12(4-1-5-21-16)23-6-2-3-11(8-23)7-22-9-13(24)15(26)14(25)10-22/h1,4-5,11,13-15,24-26H,2-3,6-10H2/t11-,13-,14+,15+/m0/s1. The van der Waals surface area contributed by atoms with Crippen LogP contribution < -0.4 is 4.90 Å². The molecule has 2 fully saturated rings. The van der Waals surface area contributed by atoms with Crippen molar-refractivity contribution in [2.75, 3.05) is 37.6 Å². The molecule has 0 saturated carbocycles. The van der Waals surface area contributed by atoms with Gasteiger partial charge < -0.3 is 20.2 Å². The summed E-state index contributed by atoms with van der Waals surface area (Å²) in [6.07, 6.45) is -4.92. The topological polar surface area (TPSA) is 80.1 Å². The highest BCUT2D eigenvalue weighted by atomic mass is 19.4. The highest BCUT2D eigenvalue weighted by Crippen LogP contribution is 2.36. The summed E-state index contributed by atoms with van der Waals surface area (Å²) in [4.78, 5) is 7.11. The Morgan fingerprint density at radius 3 is 2.46 bits per heavy atom. The van der Waals surface area contributed by atoms with Crippen LogP contribution in [-0.2, 0) is 6.18 Å². The molecule has 4 atom stereocenters. The van der Waals surface area contributed by atoms with Crippen molar-refractivity contribution in [3.63, 3.8) is 0 Å². The van der Waals surface area contributed by atoms with E-state index in [0.29, 0.717) is 19.6 Å². The Kier molecular flexibility index (Phi) is 5.71. The number of hydrogen-bond donors (Lipinski definition) is 3. The van der Waals surface area contributed by atoms with Crippen LogP contribution in [0.3, 0.4) is 0 Å². The van der Waals surface area contributed by atoms with Gasteiger partial charge in [-0.05, 0) is 30.9 Å². The van der Waals surface area contributed by atoms with Crippen molar-refractivity contribution in [1.82, 2.24) is 9.88 Å². The second-order valence-electron chi connectivity index (χ2n) is 7.17. The minimum atomic E-state index is -4.50. The quantitative estimate of drug-likeness (QED) is 0.722. The zero-order valence-corrected chi connectivity index (χ0v) is 14.3. The Bertz CT molecular complexity index is 604. The molecule has 0 spiro atoms. The third kappa shape index (κ3) is 4.28. The van der Waals surface area contributed by atoms with Crippen LogP contribution in [0, 0.1) is 5.92 Å². The maximum absolute atomic E-state index is 13.2. The lowest BCUT2D eigenvalue weighted by atomic mass is 9.94. The van der Waals surface area contributed by atoms with E-state index in [1.54, 1.807) is 4.90 Å². The normalized spacial score (nSPS) is 31.2. The van der Waals surface area contributed by atoms with Crippen LogP contribution in [-0.4, -0.2) is 76.2 Å². The summed E-state index contributed by atoms with van der Waals surface area (Å²) >= 11 is 0. The fraction of sp³-hybridized carbons (Fsp3) is 0.706. The molecule has 0 radical (unpaired) electrons. The molecule has 0 aliphatic carbocycles. The first-order valence-electron chi connectivity index (χ1n) is 8.79. The van der Waals surface area contributed by atoms with Crippen LogP contribution in [0.5, 0.6) is 0 Å². The van der Waals surface area contributed by atoms with Crippen LogP contribution in [0.25, 0.3) is 0 Å². The molecule has 0 aromatic carbocycles. The summed E-state index contributed by atoms with van der Waals surface area (Å²) in [6.45, 7) is 2.04. The Balaban J connectivity index is 1.67. The molecule has 0 unspecified atom stereocenters. The first-order valence-corrected chi connectivity index (χ1v) is 8.79. The first kappa shape index (κ1) is 19.3. The Morgan fingerprint density at radius 1 is 1.12 bits per heavy atom. The summed E-state index contributed by atoms with van der Waals surface area (Å²) in [5, 5.41) is 29.2. The van der Waals surface area contributed by atoms with Crippen molar-refractivity contribution >= 4 is 5.69 Å². The number of nitrogens with zero attached hydrogens (tertiary/aromatic N) is 3. The van der Waals surface area contributed by atoms with Crippen LogP contribution in [0.4, 0.5) is 18.9 Å². The number of alkyl halides is 3. The van der Waals surface area contributed by atoms with Gasteiger partial charge in [0.15, 0.2) is 5.69 Å². The second kappa shape index (κ2) is 7.67. The van der Waals surface area contributed by atoms with Crippen molar-refractivity contribution in [2.45, 2.75) is 37.3 Å². The molecule has 3 N–H and O–H groups in total. The average Bonchev–Trinajstić information content (AvgIpc) is 2.59. The summed E-state index contributed by atoms with van der Waals surface area (Å²) < 4.78 is 39.7. The number of hydrogen-bond acceptors (Lipinski definition) is 6. The van der Waals surface area contributed by atoms with E-state index in [9.17, 15) is 28.5 Å². The first-order chi connectivity index (χ1) is 12.3. The number of rotatable bonds is 3. The van der Waals surface area contributed by atoms with Gasteiger partial charge in [-0.15, -0.1) is 0 Å². The smallest absolute Gasteiger partial charge is 0.389 e. The average molecular weight is 375 g/mol. The van der Waals surface area contributed by atoms with Crippen LogP contribution in [0.1, 0.15) is 18.5 Å². The predicted octanol–water partition coefficient (Wildman–Crippen LogP) is 0.715. The second-order valence-corrected chi connectivity index (χ2v) is 7.17. The monoisotopic (exact) mass is 375 g/mol. The number of anilines is 1. The highest BCUT2D eigenvalue weighted by molar-refractivity contribution is 5.52. The fourth-order valence-electron chi connectivity index (χ4n) is 3.89. The molecule has 0 amide bonds. The van der Waals surface area contributed by atoms with Gasteiger partial charge in [0.1, 0.15) is 6.10 Å². The number of β-amino-alcohol motifs (C(OH)–C–C–N with tert-alkyl or cyclic N) is 2. The lowest BCUT2D eigenvalue weighted by Crippen LogP contribution is -2.56. The molecule has 26 heavy (non-hydrogen) atoms. The van der Waals surface area contributed by atoms with Crippen LogP contribution >= 0.6 is 0 Å². The van der Waals surface area contributed by atoms with Gasteiger partial charge in [-0.25, -0.2) is 4.98 Å². The van der Waals surface area contributed by atoms with Crippen molar-refractivity contribution in [3.05, 3.63) is 24.0 Å². The molecule has 1 aromatic heterocycles. The van der Waals surface area contributed by atoms with Gasteiger partial charge in [0.05, 0.1) is 17.9 Å². The molecule has 2 aliphatic heterocycles. The number of piperidine rings is 2. The van der Waals surface area contributed by atoms with E-state index in [4.69, 9.17) is 0 Å². The van der Waals surface area contributed by atoms with Crippen molar-refractivity contribution in [3.8, 4) is 0 Å². The van der Waals surface area contributed by atoms with Crippen LogP contribution in [0.15, 0.2) is 18.3 Å². The SMILES string of the molecule is O[C@H]1[C@H](O)CN(C[C@@H]2CCCN(c3cccnc3C(F)(F)F)C2)C[C@@H]1O. The number of pyridine rings is 1.